The summed E-state index contributed by atoms with van der Waals surface area (Å²) in [5.74, 6) is 4.47. The highest BCUT2D eigenvalue weighted by molar-refractivity contribution is 5.40. The Bertz CT molecular complexity index is 365. The van der Waals surface area contributed by atoms with Gasteiger partial charge in [-0.1, -0.05) is 17.9 Å². The first-order chi connectivity index (χ1) is 6.75. The first-order valence-corrected chi connectivity index (χ1v) is 4.36. The van der Waals surface area contributed by atoms with Gasteiger partial charge in [-0.15, -0.1) is 0 Å². The van der Waals surface area contributed by atoms with Crippen LogP contribution in [0.25, 0.3) is 0 Å². The zero-order chi connectivity index (χ0) is 10.4. The fourth-order valence-electron chi connectivity index (χ4n) is 0.962. The number of halogens is 1. The number of hydrogen-bond donors (Lipinski definition) is 2. The average Bonchev–Trinajstić information content (AvgIpc) is 2.19. The van der Waals surface area contributed by atoms with Crippen LogP contribution < -0.4 is 5.32 Å². The van der Waals surface area contributed by atoms with E-state index in [1.165, 1.54) is 6.07 Å². The van der Waals surface area contributed by atoms with E-state index < -0.39 is 5.82 Å². The summed E-state index contributed by atoms with van der Waals surface area (Å²) in [6.45, 7) is 0.771. The van der Waals surface area contributed by atoms with Gasteiger partial charge in [-0.25, -0.2) is 4.39 Å². The van der Waals surface area contributed by atoms with Crippen LogP contribution in [0.15, 0.2) is 18.2 Å². The molecule has 0 unspecified atom stereocenters. The van der Waals surface area contributed by atoms with Gasteiger partial charge in [0.2, 0.25) is 0 Å². The first-order valence-electron chi connectivity index (χ1n) is 4.36. The summed E-state index contributed by atoms with van der Waals surface area (Å²) < 4.78 is 13.1. The van der Waals surface area contributed by atoms with Crippen LogP contribution in [0.4, 0.5) is 4.39 Å². The summed E-state index contributed by atoms with van der Waals surface area (Å²) in [7, 11) is 1.83. The van der Waals surface area contributed by atoms with E-state index in [-0.39, 0.29) is 11.3 Å². The number of aromatic hydroxyl groups is 1. The van der Waals surface area contributed by atoms with Crippen molar-refractivity contribution < 1.29 is 9.50 Å². The molecule has 2 N–H and O–H groups in total. The molecule has 3 heteroatoms. The van der Waals surface area contributed by atoms with E-state index in [1.54, 1.807) is 12.1 Å². The van der Waals surface area contributed by atoms with Crippen LogP contribution in [0.2, 0.25) is 0 Å². The lowest BCUT2D eigenvalue weighted by Gasteiger charge is -1.96. The topological polar surface area (TPSA) is 32.3 Å². The lowest BCUT2D eigenvalue weighted by Crippen LogP contribution is -2.05. The van der Waals surface area contributed by atoms with Gasteiger partial charge < -0.3 is 10.4 Å². The molecule has 74 valence electrons. The monoisotopic (exact) mass is 193 g/mol. The van der Waals surface area contributed by atoms with Crippen molar-refractivity contribution in [1.29, 1.82) is 0 Å². The third kappa shape index (κ3) is 2.75. The molecule has 0 saturated carbocycles. The number of phenolic OH excluding ortho intramolecular Hbond substituents is 1. The molecule has 0 radical (unpaired) electrons. The molecular weight excluding hydrogens is 181 g/mol. The summed E-state index contributed by atoms with van der Waals surface area (Å²) in [5, 5.41) is 12.0. The summed E-state index contributed by atoms with van der Waals surface area (Å²) in [5.41, 5.74) is 0.237. The van der Waals surface area contributed by atoms with Crippen molar-refractivity contribution in [3.63, 3.8) is 0 Å². The van der Waals surface area contributed by atoms with Gasteiger partial charge in [0, 0.05) is 13.0 Å². The zero-order valence-corrected chi connectivity index (χ0v) is 7.97. The fourth-order valence-corrected chi connectivity index (χ4v) is 0.962. The Hall–Kier alpha value is -1.53. The van der Waals surface area contributed by atoms with Gasteiger partial charge >= 0.3 is 0 Å². The predicted molar refractivity (Wildman–Crippen MR) is 53.5 cm³/mol. The van der Waals surface area contributed by atoms with Crippen LogP contribution in [-0.2, 0) is 0 Å². The van der Waals surface area contributed by atoms with Crippen molar-refractivity contribution in [1.82, 2.24) is 5.32 Å². The van der Waals surface area contributed by atoms with Crippen LogP contribution in [0, 0.1) is 17.7 Å². The molecule has 1 aromatic rings. The number of benzene rings is 1. The Morgan fingerprint density at radius 3 is 3.00 bits per heavy atom. The molecule has 0 aliphatic heterocycles. The Balaban J connectivity index is 2.74. The molecule has 0 bridgehead atoms. The van der Waals surface area contributed by atoms with E-state index in [0.717, 1.165) is 6.54 Å². The molecule has 0 fully saturated rings. The Kier molecular flexibility index (Phi) is 3.96. The maximum Gasteiger partial charge on any atom is 0.180 e. The molecule has 2 nitrogen and oxygen atoms in total. The fraction of sp³-hybridized carbons (Fsp3) is 0.273. The first kappa shape index (κ1) is 10.6. The minimum absolute atomic E-state index is 0.237. The number of hydrogen-bond acceptors (Lipinski definition) is 2. The average molecular weight is 193 g/mol. The molecule has 0 heterocycles. The summed E-state index contributed by atoms with van der Waals surface area (Å²) in [6.07, 6.45) is 0.658. The van der Waals surface area contributed by atoms with Gasteiger partial charge in [0.15, 0.2) is 11.6 Å². The van der Waals surface area contributed by atoms with Gasteiger partial charge in [-0.2, -0.15) is 0 Å². The predicted octanol–water partition coefficient (Wildman–Crippen LogP) is 1.49. The van der Waals surface area contributed by atoms with Crippen LogP contribution in [0.1, 0.15) is 12.0 Å². The Labute approximate surface area is 82.8 Å². The van der Waals surface area contributed by atoms with E-state index >= 15 is 0 Å². The highest BCUT2D eigenvalue weighted by Crippen LogP contribution is 2.17. The third-order valence-electron chi connectivity index (χ3n) is 1.70. The molecule has 0 amide bonds. The lowest BCUT2D eigenvalue weighted by atomic mass is 10.2. The molecule has 0 atom stereocenters. The van der Waals surface area contributed by atoms with Crippen molar-refractivity contribution in [2.24, 2.45) is 0 Å². The summed E-state index contributed by atoms with van der Waals surface area (Å²) >= 11 is 0. The standard InChI is InChI=1S/C11H12FNO/c1-13-8-3-2-5-9-6-4-7-10(14)11(9)12/h4,6-7,13-14H,3,8H2,1H3. The van der Waals surface area contributed by atoms with Crippen molar-refractivity contribution in [3.05, 3.63) is 29.6 Å². The second kappa shape index (κ2) is 5.25. The number of phenols is 1. The van der Waals surface area contributed by atoms with Gasteiger partial charge in [0.1, 0.15) is 0 Å². The molecular formula is C11H12FNO. The summed E-state index contributed by atoms with van der Waals surface area (Å²) in [6, 6.07) is 4.41. The summed E-state index contributed by atoms with van der Waals surface area (Å²) in [4.78, 5) is 0. The zero-order valence-electron chi connectivity index (χ0n) is 7.97. The van der Waals surface area contributed by atoms with Crippen LogP contribution >= 0.6 is 0 Å². The normalized spacial score (nSPS) is 9.29. The number of rotatable bonds is 2. The van der Waals surface area contributed by atoms with Crippen molar-refractivity contribution in [2.45, 2.75) is 6.42 Å². The van der Waals surface area contributed by atoms with E-state index in [9.17, 15) is 4.39 Å². The minimum atomic E-state index is -0.649. The van der Waals surface area contributed by atoms with Crippen LogP contribution in [-0.4, -0.2) is 18.7 Å². The highest BCUT2D eigenvalue weighted by atomic mass is 19.1. The molecule has 0 saturated heterocycles. The van der Waals surface area contributed by atoms with Crippen LogP contribution in [0.3, 0.4) is 0 Å². The van der Waals surface area contributed by atoms with E-state index in [2.05, 4.69) is 17.2 Å². The third-order valence-corrected chi connectivity index (χ3v) is 1.70. The van der Waals surface area contributed by atoms with Crippen molar-refractivity contribution in [3.8, 4) is 17.6 Å². The van der Waals surface area contributed by atoms with Gasteiger partial charge in [0.25, 0.3) is 0 Å². The van der Waals surface area contributed by atoms with E-state index in [1.807, 2.05) is 7.05 Å². The van der Waals surface area contributed by atoms with Gasteiger partial charge in [0.05, 0.1) is 5.56 Å². The second-order valence-electron chi connectivity index (χ2n) is 2.79. The van der Waals surface area contributed by atoms with Gasteiger partial charge in [-0.3, -0.25) is 0 Å². The molecule has 0 aliphatic rings. The molecule has 0 spiro atoms. The van der Waals surface area contributed by atoms with Crippen molar-refractivity contribution >= 4 is 0 Å². The SMILES string of the molecule is CNCCC#Cc1cccc(O)c1F. The van der Waals surface area contributed by atoms with E-state index in [4.69, 9.17) is 5.11 Å². The maximum atomic E-state index is 13.1. The molecule has 14 heavy (non-hydrogen) atoms. The van der Waals surface area contributed by atoms with Crippen LogP contribution in [0.5, 0.6) is 5.75 Å². The van der Waals surface area contributed by atoms with E-state index in [0.29, 0.717) is 6.42 Å². The maximum absolute atomic E-state index is 13.1. The smallest absolute Gasteiger partial charge is 0.180 e. The number of nitrogens with one attached hydrogen (secondary N) is 1. The van der Waals surface area contributed by atoms with Crippen molar-refractivity contribution in [2.75, 3.05) is 13.6 Å². The molecule has 0 aliphatic carbocycles. The highest BCUT2D eigenvalue weighted by Gasteiger charge is 2.02. The Morgan fingerprint density at radius 2 is 2.29 bits per heavy atom. The largest absolute Gasteiger partial charge is 0.505 e. The van der Waals surface area contributed by atoms with Gasteiger partial charge in [-0.05, 0) is 19.2 Å². The molecule has 1 aromatic carbocycles. The second-order valence-corrected chi connectivity index (χ2v) is 2.79. The quantitative estimate of drug-likeness (QED) is 0.551. The Morgan fingerprint density at radius 1 is 1.50 bits per heavy atom. The lowest BCUT2D eigenvalue weighted by molar-refractivity contribution is 0.431. The minimum Gasteiger partial charge on any atom is -0.505 e. The molecule has 0 aromatic heterocycles. The molecule has 1 rings (SSSR count).